The molecule has 2 aromatic rings. The summed E-state index contributed by atoms with van der Waals surface area (Å²) in [7, 11) is 0. The summed E-state index contributed by atoms with van der Waals surface area (Å²) < 4.78 is 5.62. The number of hydrogen-bond acceptors (Lipinski definition) is 3. The second-order valence-electron chi connectivity index (χ2n) is 6.03. The molecule has 2 rings (SSSR count). The van der Waals surface area contributed by atoms with Gasteiger partial charge in [-0.2, -0.15) is 0 Å². The van der Waals surface area contributed by atoms with E-state index in [9.17, 15) is 14.7 Å². The van der Waals surface area contributed by atoms with E-state index in [0.29, 0.717) is 28.4 Å². The Bertz CT molecular complexity index is 802. The Hall–Kier alpha value is -2.53. The summed E-state index contributed by atoms with van der Waals surface area (Å²) in [5.74, 6) is -0.886. The van der Waals surface area contributed by atoms with E-state index < -0.39 is 11.6 Å². The number of hydrogen-bond donors (Lipinski definition) is 2. The van der Waals surface area contributed by atoms with Gasteiger partial charge in [0.15, 0.2) is 5.60 Å². The van der Waals surface area contributed by atoms with Crippen molar-refractivity contribution in [2.75, 3.05) is 5.32 Å². The number of carboxylic acids is 1. The van der Waals surface area contributed by atoms with E-state index >= 15 is 0 Å². The van der Waals surface area contributed by atoms with Crippen molar-refractivity contribution in [1.29, 1.82) is 0 Å². The highest BCUT2D eigenvalue weighted by atomic mass is 35.5. The van der Waals surface area contributed by atoms with Crippen molar-refractivity contribution >= 4 is 29.2 Å². The average Bonchev–Trinajstić information content (AvgIpc) is 2.56. The van der Waals surface area contributed by atoms with Crippen LogP contribution in [0.2, 0.25) is 5.02 Å². The maximum absolute atomic E-state index is 12.3. The molecule has 6 heteroatoms. The molecule has 0 aromatic heterocycles. The number of carboxylic acid groups (broad SMARTS) is 1. The first kappa shape index (κ1) is 18.8. The van der Waals surface area contributed by atoms with Crippen molar-refractivity contribution in [2.45, 2.75) is 32.8 Å². The number of anilines is 1. The average molecular weight is 362 g/mol. The van der Waals surface area contributed by atoms with Crippen LogP contribution < -0.4 is 10.1 Å². The molecule has 0 unspecified atom stereocenters. The number of nitrogens with one attached hydrogen (secondary N) is 1. The third kappa shape index (κ3) is 4.51. The van der Waals surface area contributed by atoms with Crippen molar-refractivity contribution in [2.24, 2.45) is 0 Å². The van der Waals surface area contributed by atoms with Gasteiger partial charge in [-0.05, 0) is 56.2 Å². The van der Waals surface area contributed by atoms with Crippen LogP contribution in [0.25, 0.3) is 0 Å². The Labute approximate surface area is 151 Å². The number of rotatable bonds is 6. The lowest BCUT2D eigenvalue weighted by Gasteiger charge is -2.23. The predicted molar refractivity (Wildman–Crippen MR) is 97.6 cm³/mol. The summed E-state index contributed by atoms with van der Waals surface area (Å²) in [4.78, 5) is 23.6. The lowest BCUT2D eigenvalue weighted by Crippen LogP contribution is -2.38. The summed E-state index contributed by atoms with van der Waals surface area (Å²) in [6, 6.07) is 11.9. The largest absolute Gasteiger partial charge is 0.478 e. The monoisotopic (exact) mass is 361 g/mol. The fourth-order valence-corrected chi connectivity index (χ4v) is 2.42. The standard InChI is InChI=1S/C19H20ClNO4/c1-4-12-11-13(9-10-16(12)25-19(2,3)18(23)24)21-17(22)14-7-5-6-8-15(14)20/h5-11H,4H2,1-3H3,(H,21,22)(H,23,24). The smallest absolute Gasteiger partial charge is 0.347 e. The van der Waals surface area contributed by atoms with Gasteiger partial charge in [0.05, 0.1) is 10.6 Å². The quantitative estimate of drug-likeness (QED) is 0.799. The second kappa shape index (κ2) is 7.57. The Kier molecular flexibility index (Phi) is 5.69. The van der Waals surface area contributed by atoms with Crippen molar-refractivity contribution < 1.29 is 19.4 Å². The van der Waals surface area contributed by atoms with Gasteiger partial charge in [-0.15, -0.1) is 0 Å². The minimum Gasteiger partial charge on any atom is -0.478 e. The van der Waals surface area contributed by atoms with Crippen LogP contribution in [-0.4, -0.2) is 22.6 Å². The molecule has 2 N–H and O–H groups in total. The molecule has 0 aliphatic carbocycles. The number of aryl methyl sites for hydroxylation is 1. The molecule has 5 nitrogen and oxygen atoms in total. The number of ether oxygens (including phenoxy) is 1. The highest BCUT2D eigenvalue weighted by molar-refractivity contribution is 6.34. The number of benzene rings is 2. The van der Waals surface area contributed by atoms with Gasteiger partial charge < -0.3 is 15.2 Å². The third-order valence-corrected chi connectivity index (χ3v) is 4.03. The molecule has 0 aliphatic rings. The van der Waals surface area contributed by atoms with Crippen LogP contribution in [0.1, 0.15) is 36.7 Å². The molecule has 0 spiro atoms. The van der Waals surface area contributed by atoms with E-state index in [2.05, 4.69) is 5.32 Å². The van der Waals surface area contributed by atoms with Crippen LogP contribution in [0, 0.1) is 0 Å². The molecular formula is C19H20ClNO4. The lowest BCUT2D eigenvalue weighted by atomic mass is 10.1. The number of halogens is 1. The van der Waals surface area contributed by atoms with Crippen LogP contribution in [0.5, 0.6) is 5.75 Å². The van der Waals surface area contributed by atoms with E-state index in [4.69, 9.17) is 16.3 Å². The molecule has 0 atom stereocenters. The summed E-state index contributed by atoms with van der Waals surface area (Å²) >= 11 is 6.03. The molecule has 0 saturated carbocycles. The van der Waals surface area contributed by atoms with E-state index in [1.165, 1.54) is 13.8 Å². The molecule has 1 amide bonds. The van der Waals surface area contributed by atoms with E-state index in [1.54, 1.807) is 42.5 Å². The topological polar surface area (TPSA) is 75.6 Å². The molecule has 25 heavy (non-hydrogen) atoms. The van der Waals surface area contributed by atoms with Crippen LogP contribution in [-0.2, 0) is 11.2 Å². The Morgan fingerprint density at radius 2 is 1.88 bits per heavy atom. The lowest BCUT2D eigenvalue weighted by molar-refractivity contribution is -0.152. The van der Waals surface area contributed by atoms with Crippen LogP contribution in [0.15, 0.2) is 42.5 Å². The summed E-state index contributed by atoms with van der Waals surface area (Å²) in [5.41, 5.74) is 0.426. The first-order valence-electron chi connectivity index (χ1n) is 7.86. The summed E-state index contributed by atoms with van der Waals surface area (Å²) in [5, 5.41) is 12.4. The summed E-state index contributed by atoms with van der Waals surface area (Å²) in [6.07, 6.45) is 0.626. The zero-order valence-electron chi connectivity index (χ0n) is 14.3. The van der Waals surface area contributed by atoms with E-state index in [1.807, 2.05) is 6.92 Å². The van der Waals surface area contributed by atoms with Crippen LogP contribution in [0.4, 0.5) is 5.69 Å². The molecule has 0 fully saturated rings. The highest BCUT2D eigenvalue weighted by Crippen LogP contribution is 2.28. The molecule has 0 aliphatic heterocycles. The fourth-order valence-electron chi connectivity index (χ4n) is 2.20. The second-order valence-corrected chi connectivity index (χ2v) is 6.43. The zero-order chi connectivity index (χ0) is 18.6. The molecule has 0 radical (unpaired) electrons. The Balaban J connectivity index is 2.23. The maximum atomic E-state index is 12.3. The van der Waals surface area contributed by atoms with Gasteiger partial charge in [0.1, 0.15) is 5.75 Å². The number of amides is 1. The van der Waals surface area contributed by atoms with Crippen molar-refractivity contribution in [3.8, 4) is 5.75 Å². The summed E-state index contributed by atoms with van der Waals surface area (Å²) in [6.45, 7) is 4.90. The van der Waals surface area contributed by atoms with Gasteiger partial charge in [-0.3, -0.25) is 4.79 Å². The first-order chi connectivity index (χ1) is 11.7. The number of carbonyl (C=O) groups excluding carboxylic acids is 1. The van der Waals surface area contributed by atoms with Crippen molar-refractivity contribution in [3.63, 3.8) is 0 Å². The zero-order valence-corrected chi connectivity index (χ0v) is 15.1. The Morgan fingerprint density at radius 1 is 1.20 bits per heavy atom. The van der Waals surface area contributed by atoms with Gasteiger partial charge >= 0.3 is 5.97 Å². The van der Waals surface area contributed by atoms with E-state index in [0.717, 1.165) is 5.56 Å². The van der Waals surface area contributed by atoms with Gasteiger partial charge in [0.2, 0.25) is 0 Å². The minimum atomic E-state index is -1.34. The molecule has 0 bridgehead atoms. The highest BCUT2D eigenvalue weighted by Gasteiger charge is 2.30. The molecule has 0 saturated heterocycles. The fraction of sp³-hybridized carbons (Fsp3) is 0.263. The molecule has 132 valence electrons. The van der Waals surface area contributed by atoms with Crippen LogP contribution in [0.3, 0.4) is 0 Å². The van der Waals surface area contributed by atoms with Gasteiger partial charge in [0.25, 0.3) is 5.91 Å². The molecular weight excluding hydrogens is 342 g/mol. The predicted octanol–water partition coefficient (Wildman–Crippen LogP) is 4.40. The van der Waals surface area contributed by atoms with Gasteiger partial charge in [-0.1, -0.05) is 30.7 Å². The normalized spacial score (nSPS) is 11.0. The minimum absolute atomic E-state index is 0.313. The Morgan fingerprint density at radius 3 is 2.48 bits per heavy atom. The SMILES string of the molecule is CCc1cc(NC(=O)c2ccccc2Cl)ccc1OC(C)(C)C(=O)O. The molecule has 0 heterocycles. The van der Waals surface area contributed by atoms with Crippen molar-refractivity contribution in [3.05, 3.63) is 58.6 Å². The van der Waals surface area contributed by atoms with E-state index in [-0.39, 0.29) is 5.91 Å². The van der Waals surface area contributed by atoms with Crippen molar-refractivity contribution in [1.82, 2.24) is 0 Å². The van der Waals surface area contributed by atoms with Gasteiger partial charge in [-0.25, -0.2) is 4.79 Å². The number of carbonyl (C=O) groups is 2. The number of aliphatic carboxylic acids is 1. The van der Waals surface area contributed by atoms with Crippen LogP contribution >= 0.6 is 11.6 Å². The first-order valence-corrected chi connectivity index (χ1v) is 8.23. The third-order valence-electron chi connectivity index (χ3n) is 3.70. The van der Waals surface area contributed by atoms with Gasteiger partial charge in [0, 0.05) is 5.69 Å². The molecule has 2 aromatic carbocycles. The maximum Gasteiger partial charge on any atom is 0.347 e.